The Morgan fingerprint density at radius 1 is 1.31 bits per heavy atom. The minimum absolute atomic E-state index is 0.441. The van der Waals surface area contributed by atoms with Crippen molar-refractivity contribution in [1.29, 1.82) is 5.41 Å². The van der Waals surface area contributed by atoms with Gasteiger partial charge >= 0.3 is 0 Å². The normalized spacial score (nSPS) is 11.1. The summed E-state index contributed by atoms with van der Waals surface area (Å²) in [7, 11) is 1.74. The quantitative estimate of drug-likeness (QED) is 0.312. The van der Waals surface area contributed by atoms with Crippen LogP contribution in [-0.2, 0) is 0 Å². The number of nitrogens with one attached hydrogen (secondary N) is 2. The van der Waals surface area contributed by atoms with Crippen molar-refractivity contribution in [2.24, 2.45) is 5.73 Å². The summed E-state index contributed by atoms with van der Waals surface area (Å²) in [6.07, 6.45) is 3.90. The highest BCUT2D eigenvalue weighted by atomic mass is 16.5. The molecule has 0 unspecified atom stereocenters. The number of pyridine rings is 1. The van der Waals surface area contributed by atoms with Crippen LogP contribution in [0.15, 0.2) is 48.5 Å². The predicted octanol–water partition coefficient (Wildman–Crippen LogP) is 2.54. The minimum atomic E-state index is 0.441. The first-order chi connectivity index (χ1) is 12.6. The van der Waals surface area contributed by atoms with E-state index >= 15 is 0 Å². The van der Waals surface area contributed by atoms with E-state index in [1.54, 1.807) is 31.5 Å². The highest BCUT2D eigenvalue weighted by Gasteiger charge is 2.11. The van der Waals surface area contributed by atoms with Gasteiger partial charge in [-0.15, -0.1) is 0 Å². The zero-order valence-electron chi connectivity index (χ0n) is 15.1. The maximum absolute atomic E-state index is 7.82. The van der Waals surface area contributed by atoms with Crippen LogP contribution in [0.4, 0.5) is 5.69 Å². The van der Waals surface area contributed by atoms with Crippen molar-refractivity contribution in [2.45, 2.75) is 13.3 Å². The molecule has 1 heterocycles. The lowest BCUT2D eigenvalue weighted by Gasteiger charge is -2.14. The van der Waals surface area contributed by atoms with Gasteiger partial charge in [0.2, 0.25) is 0 Å². The van der Waals surface area contributed by atoms with Gasteiger partial charge in [-0.05, 0) is 30.7 Å². The fraction of sp³-hybridized carbons (Fsp3) is 0.263. The monoisotopic (exact) mass is 355 g/mol. The molecule has 0 aliphatic rings. The topological polar surface area (TPSA) is 119 Å². The third kappa shape index (κ3) is 5.22. The van der Waals surface area contributed by atoms with E-state index in [9.17, 15) is 0 Å². The van der Waals surface area contributed by atoms with Crippen LogP contribution in [0, 0.1) is 5.41 Å². The number of hydrogen-bond acceptors (Lipinski definition) is 7. The van der Waals surface area contributed by atoms with Crippen LogP contribution < -0.4 is 26.3 Å². The highest BCUT2D eigenvalue weighted by Crippen LogP contribution is 2.32. The Balaban J connectivity index is 2.32. The Hall–Kier alpha value is -3.06. The summed E-state index contributed by atoms with van der Waals surface area (Å²) < 4.78 is 11.4. The summed E-state index contributed by atoms with van der Waals surface area (Å²) in [6, 6.07) is 9.06. The van der Waals surface area contributed by atoms with Gasteiger partial charge in [0.1, 0.15) is 18.1 Å². The Morgan fingerprint density at radius 3 is 2.73 bits per heavy atom. The van der Waals surface area contributed by atoms with Crippen LogP contribution in [0.25, 0.3) is 11.3 Å². The fourth-order valence-electron chi connectivity index (χ4n) is 2.17. The van der Waals surface area contributed by atoms with Gasteiger partial charge < -0.3 is 31.7 Å². The molecule has 0 saturated carbocycles. The molecule has 0 saturated heterocycles. The van der Waals surface area contributed by atoms with Gasteiger partial charge in [0.15, 0.2) is 5.88 Å². The highest BCUT2D eigenvalue weighted by molar-refractivity contribution is 5.92. The third-order valence-corrected chi connectivity index (χ3v) is 3.56. The van der Waals surface area contributed by atoms with Crippen LogP contribution in [0.1, 0.15) is 13.3 Å². The average Bonchev–Trinajstić information content (AvgIpc) is 2.66. The molecule has 0 radical (unpaired) electrons. The van der Waals surface area contributed by atoms with E-state index in [2.05, 4.69) is 10.3 Å². The molecule has 7 nitrogen and oxygen atoms in total. The average molecular weight is 355 g/mol. The number of nitrogens with zero attached hydrogens (tertiary/aromatic N) is 1. The largest absolute Gasteiger partial charge is 0.491 e. The van der Waals surface area contributed by atoms with Crippen molar-refractivity contribution >= 4 is 11.4 Å². The van der Waals surface area contributed by atoms with Gasteiger partial charge in [0.05, 0.1) is 11.9 Å². The second kappa shape index (κ2) is 9.43. The predicted molar refractivity (Wildman–Crippen MR) is 104 cm³/mol. The molecule has 1 aromatic carbocycles. The van der Waals surface area contributed by atoms with Crippen molar-refractivity contribution in [3.05, 3.63) is 48.5 Å². The summed E-state index contributed by atoms with van der Waals surface area (Å²) in [5.41, 5.74) is 13.9. The molecule has 7 heteroatoms. The smallest absolute Gasteiger partial charge is 0.194 e. The number of rotatable bonds is 9. The Bertz CT molecular complexity index is 772. The Kier molecular flexibility index (Phi) is 6.99. The zero-order valence-corrected chi connectivity index (χ0v) is 15.1. The van der Waals surface area contributed by atoms with Crippen molar-refractivity contribution in [3.8, 4) is 22.8 Å². The first-order valence-corrected chi connectivity index (χ1v) is 8.41. The molecular formula is C19H25N5O2. The lowest BCUT2D eigenvalue weighted by Crippen LogP contribution is -2.14. The molecule has 26 heavy (non-hydrogen) atoms. The summed E-state index contributed by atoms with van der Waals surface area (Å²) >= 11 is 0. The van der Waals surface area contributed by atoms with Gasteiger partial charge in [0.25, 0.3) is 0 Å². The number of benzene rings is 1. The maximum atomic E-state index is 7.82. The molecule has 2 aromatic rings. The van der Waals surface area contributed by atoms with Gasteiger partial charge in [-0.1, -0.05) is 6.92 Å². The number of anilines is 1. The van der Waals surface area contributed by atoms with Crippen molar-refractivity contribution < 1.29 is 9.47 Å². The number of nitrogens with two attached hydrogens (primary N) is 2. The van der Waals surface area contributed by atoms with Crippen LogP contribution in [0.2, 0.25) is 0 Å². The van der Waals surface area contributed by atoms with E-state index in [0.29, 0.717) is 48.4 Å². The first-order valence-electron chi connectivity index (χ1n) is 8.41. The fourth-order valence-corrected chi connectivity index (χ4v) is 2.17. The van der Waals surface area contributed by atoms with E-state index in [0.717, 1.165) is 11.3 Å². The van der Waals surface area contributed by atoms with Crippen LogP contribution in [0.3, 0.4) is 0 Å². The molecule has 0 aliphatic carbocycles. The number of ether oxygens (including phenoxy) is 2. The molecule has 0 bridgehead atoms. The van der Waals surface area contributed by atoms with Gasteiger partial charge in [-0.3, -0.25) is 4.98 Å². The first kappa shape index (κ1) is 19.3. The lowest BCUT2D eigenvalue weighted by molar-refractivity contribution is 0.327. The molecular weight excluding hydrogens is 330 g/mol. The summed E-state index contributed by atoms with van der Waals surface area (Å²) in [5.74, 6) is 1.67. The molecule has 138 valence electrons. The summed E-state index contributed by atoms with van der Waals surface area (Å²) in [4.78, 5) is 4.43. The van der Waals surface area contributed by atoms with Gasteiger partial charge in [-0.2, -0.15) is 0 Å². The van der Waals surface area contributed by atoms with Crippen LogP contribution in [-0.4, -0.2) is 30.9 Å². The number of nitrogen functional groups attached to an aromatic ring is 1. The SMILES string of the molecule is CCC(=N)/C=C(\NC)Oc1cc(N)ccc1-c1ccc(OCCN)cn1. The number of allylic oxidation sites excluding steroid dienone is 1. The van der Waals surface area contributed by atoms with Crippen LogP contribution in [0.5, 0.6) is 11.5 Å². The second-order valence-electron chi connectivity index (χ2n) is 5.51. The van der Waals surface area contributed by atoms with E-state index in [1.165, 1.54) is 0 Å². The second-order valence-corrected chi connectivity index (χ2v) is 5.51. The molecule has 0 amide bonds. The zero-order chi connectivity index (χ0) is 18.9. The Morgan fingerprint density at radius 2 is 2.12 bits per heavy atom. The van der Waals surface area contributed by atoms with Gasteiger partial charge in [0, 0.05) is 42.7 Å². The van der Waals surface area contributed by atoms with Crippen LogP contribution >= 0.6 is 0 Å². The van der Waals surface area contributed by atoms with E-state index in [4.69, 9.17) is 26.4 Å². The molecule has 1 aromatic heterocycles. The molecule has 0 aliphatic heterocycles. The maximum Gasteiger partial charge on any atom is 0.194 e. The third-order valence-electron chi connectivity index (χ3n) is 3.56. The molecule has 0 atom stereocenters. The van der Waals surface area contributed by atoms with E-state index in [-0.39, 0.29) is 0 Å². The molecule has 0 fully saturated rings. The number of hydrogen-bond donors (Lipinski definition) is 4. The molecule has 2 rings (SSSR count). The minimum Gasteiger partial charge on any atom is -0.491 e. The van der Waals surface area contributed by atoms with Gasteiger partial charge in [-0.25, -0.2) is 0 Å². The van der Waals surface area contributed by atoms with E-state index < -0.39 is 0 Å². The summed E-state index contributed by atoms with van der Waals surface area (Å²) in [6.45, 7) is 2.80. The lowest BCUT2D eigenvalue weighted by atomic mass is 10.1. The standard InChI is InChI=1S/C19H25N5O2/c1-3-13(21)11-19(23-2)26-18-10-14(22)4-6-16(18)17-7-5-15(12-24-17)25-9-8-20/h4-7,10-12,21,23H,3,8-9,20,22H2,1-2H3/b19-11+,21-13?. The van der Waals surface area contributed by atoms with Crippen molar-refractivity contribution in [2.75, 3.05) is 25.9 Å². The number of aromatic nitrogens is 1. The summed E-state index contributed by atoms with van der Waals surface area (Å²) in [5, 5.41) is 10.8. The Labute approximate surface area is 153 Å². The van der Waals surface area contributed by atoms with Crippen molar-refractivity contribution in [1.82, 2.24) is 10.3 Å². The molecule has 6 N–H and O–H groups in total. The van der Waals surface area contributed by atoms with Crippen molar-refractivity contribution in [3.63, 3.8) is 0 Å². The molecule has 0 spiro atoms. The van der Waals surface area contributed by atoms with E-state index in [1.807, 2.05) is 25.1 Å².